The van der Waals surface area contributed by atoms with Crippen molar-refractivity contribution < 1.29 is 4.79 Å². The van der Waals surface area contributed by atoms with Gasteiger partial charge in [-0.05, 0) is 43.7 Å². The Hall–Kier alpha value is -2.66. The molecule has 0 saturated heterocycles. The Morgan fingerprint density at radius 3 is 2.35 bits per heavy atom. The molecule has 2 N–H and O–H groups in total. The summed E-state index contributed by atoms with van der Waals surface area (Å²) in [4.78, 5) is 16.6. The summed E-state index contributed by atoms with van der Waals surface area (Å²) in [7, 11) is 0. The molecule has 116 valence electrons. The maximum atomic E-state index is 12.1. The van der Waals surface area contributed by atoms with E-state index in [9.17, 15) is 4.79 Å². The normalized spacial score (nSPS) is 10.3. The van der Waals surface area contributed by atoms with Crippen LogP contribution in [-0.4, -0.2) is 11.0 Å². The molecule has 0 saturated carbocycles. The molecule has 2 aromatic carbocycles. The van der Waals surface area contributed by atoms with E-state index in [1.165, 1.54) is 0 Å². The topological polar surface area (TPSA) is 54.0 Å². The molecule has 0 unspecified atom stereocenters. The molecule has 0 spiro atoms. The Morgan fingerprint density at radius 1 is 1.00 bits per heavy atom. The third kappa shape index (κ3) is 3.96. The van der Waals surface area contributed by atoms with Crippen molar-refractivity contribution in [1.29, 1.82) is 0 Å². The number of nitrogens with zero attached hydrogens (tertiary/aromatic N) is 1. The number of benzene rings is 2. The minimum Gasteiger partial charge on any atom is -0.308 e. The third-order valence-corrected chi connectivity index (χ3v) is 4.08. The summed E-state index contributed by atoms with van der Waals surface area (Å²) in [6.07, 6.45) is 0. The second-order valence-corrected chi connectivity index (χ2v) is 6.34. The highest BCUT2D eigenvalue weighted by Gasteiger charge is 2.06. The zero-order chi connectivity index (χ0) is 16.2. The molecule has 3 aromatic rings. The summed E-state index contributed by atoms with van der Waals surface area (Å²) in [6.45, 7) is 3.97. The minimum atomic E-state index is -0.262. The van der Waals surface area contributed by atoms with E-state index in [0.29, 0.717) is 0 Å². The number of thiazole rings is 1. The van der Waals surface area contributed by atoms with Crippen molar-refractivity contribution in [1.82, 2.24) is 4.98 Å². The average Bonchev–Trinajstić information content (AvgIpc) is 2.94. The number of carbonyl (C=O) groups is 1. The van der Waals surface area contributed by atoms with Gasteiger partial charge in [0.05, 0.1) is 10.7 Å². The molecule has 1 aromatic heterocycles. The maximum Gasteiger partial charge on any atom is 0.323 e. The molecule has 5 heteroatoms. The molecular weight excluding hydrogens is 306 g/mol. The van der Waals surface area contributed by atoms with Crippen LogP contribution in [0.1, 0.15) is 10.6 Å². The van der Waals surface area contributed by atoms with E-state index < -0.39 is 0 Å². The minimum absolute atomic E-state index is 0.262. The van der Waals surface area contributed by atoms with Crippen molar-refractivity contribution >= 4 is 28.7 Å². The second kappa shape index (κ2) is 6.62. The lowest BCUT2D eigenvalue weighted by atomic mass is 10.1. The summed E-state index contributed by atoms with van der Waals surface area (Å²) in [6, 6.07) is 15.1. The van der Waals surface area contributed by atoms with Crippen LogP contribution < -0.4 is 10.6 Å². The first kappa shape index (κ1) is 15.2. The monoisotopic (exact) mass is 323 g/mol. The number of urea groups is 1. The molecule has 0 atom stereocenters. The maximum absolute atomic E-state index is 12.1. The third-order valence-electron chi connectivity index (χ3n) is 3.31. The van der Waals surface area contributed by atoms with Gasteiger partial charge in [-0.3, -0.25) is 0 Å². The van der Waals surface area contributed by atoms with Crippen molar-refractivity contribution in [2.45, 2.75) is 13.8 Å². The Kier molecular flexibility index (Phi) is 4.39. The molecule has 0 aliphatic heterocycles. The molecule has 4 nitrogen and oxygen atoms in total. The van der Waals surface area contributed by atoms with Crippen LogP contribution in [0.15, 0.2) is 53.9 Å². The molecule has 1 heterocycles. The van der Waals surface area contributed by atoms with Crippen LogP contribution in [0, 0.1) is 13.8 Å². The first-order valence-corrected chi connectivity index (χ1v) is 8.15. The standard InChI is InChI=1S/C18H17N3OS/c1-12-5-3-7-15(9-12)20-18(22)21-16-8-4-6-14(10-16)17-11-23-13(2)19-17/h3-11H,1-2H3,(H2,20,21,22). The van der Waals surface area contributed by atoms with Gasteiger partial charge in [-0.15, -0.1) is 11.3 Å². The predicted octanol–water partition coefficient (Wildman–Crippen LogP) is 5.07. The Balaban J connectivity index is 1.71. The van der Waals surface area contributed by atoms with Gasteiger partial charge in [0.2, 0.25) is 0 Å². The smallest absolute Gasteiger partial charge is 0.308 e. The van der Waals surface area contributed by atoms with E-state index in [-0.39, 0.29) is 6.03 Å². The average molecular weight is 323 g/mol. The fourth-order valence-corrected chi connectivity index (χ4v) is 2.89. The van der Waals surface area contributed by atoms with Crippen LogP contribution in [0.25, 0.3) is 11.3 Å². The zero-order valence-electron chi connectivity index (χ0n) is 13.0. The lowest BCUT2D eigenvalue weighted by Gasteiger charge is -2.09. The van der Waals surface area contributed by atoms with Gasteiger partial charge < -0.3 is 10.6 Å². The summed E-state index contributed by atoms with van der Waals surface area (Å²) in [5.41, 5.74) is 4.52. The number of hydrogen-bond donors (Lipinski definition) is 2. The number of amides is 2. The van der Waals surface area contributed by atoms with Crippen molar-refractivity contribution in [2.24, 2.45) is 0 Å². The Labute approximate surface area is 139 Å². The number of hydrogen-bond acceptors (Lipinski definition) is 3. The Morgan fingerprint density at radius 2 is 1.70 bits per heavy atom. The summed E-state index contributed by atoms with van der Waals surface area (Å²) in [5, 5.41) is 8.72. The van der Waals surface area contributed by atoms with Crippen LogP contribution in [-0.2, 0) is 0 Å². The van der Waals surface area contributed by atoms with Gasteiger partial charge >= 0.3 is 6.03 Å². The van der Waals surface area contributed by atoms with E-state index in [0.717, 1.165) is 33.2 Å². The molecule has 2 amide bonds. The molecule has 0 radical (unpaired) electrons. The van der Waals surface area contributed by atoms with Gasteiger partial charge in [0.1, 0.15) is 0 Å². The molecular formula is C18H17N3OS. The van der Waals surface area contributed by atoms with Crippen molar-refractivity contribution in [3.63, 3.8) is 0 Å². The summed E-state index contributed by atoms with van der Waals surface area (Å²) < 4.78 is 0. The van der Waals surface area contributed by atoms with E-state index >= 15 is 0 Å². The van der Waals surface area contributed by atoms with Gasteiger partial charge in [-0.2, -0.15) is 0 Å². The van der Waals surface area contributed by atoms with Crippen molar-refractivity contribution in [3.05, 3.63) is 64.5 Å². The van der Waals surface area contributed by atoms with Crippen LogP contribution in [0.4, 0.5) is 16.2 Å². The number of anilines is 2. The van der Waals surface area contributed by atoms with E-state index in [1.807, 2.05) is 67.8 Å². The van der Waals surface area contributed by atoms with E-state index in [4.69, 9.17) is 0 Å². The van der Waals surface area contributed by atoms with Crippen molar-refractivity contribution in [2.75, 3.05) is 10.6 Å². The molecule has 23 heavy (non-hydrogen) atoms. The highest BCUT2D eigenvalue weighted by molar-refractivity contribution is 7.09. The second-order valence-electron chi connectivity index (χ2n) is 5.28. The van der Waals surface area contributed by atoms with E-state index in [1.54, 1.807) is 11.3 Å². The number of rotatable bonds is 3. The number of aromatic nitrogens is 1. The quantitative estimate of drug-likeness (QED) is 0.707. The highest BCUT2D eigenvalue weighted by Crippen LogP contribution is 2.24. The fourth-order valence-electron chi connectivity index (χ4n) is 2.27. The zero-order valence-corrected chi connectivity index (χ0v) is 13.8. The lowest BCUT2D eigenvalue weighted by Crippen LogP contribution is -2.19. The lowest BCUT2D eigenvalue weighted by molar-refractivity contribution is 0.262. The largest absolute Gasteiger partial charge is 0.323 e. The number of aryl methyl sites for hydroxylation is 2. The Bertz CT molecular complexity index is 842. The van der Waals surface area contributed by atoms with E-state index in [2.05, 4.69) is 15.6 Å². The van der Waals surface area contributed by atoms with Crippen LogP contribution in [0.3, 0.4) is 0 Å². The molecule has 0 bridgehead atoms. The SMILES string of the molecule is Cc1cccc(NC(=O)Nc2cccc(-c3csc(C)n3)c2)c1. The predicted molar refractivity (Wildman–Crippen MR) is 96.1 cm³/mol. The van der Waals surface area contributed by atoms with Gasteiger partial charge in [0.15, 0.2) is 0 Å². The van der Waals surface area contributed by atoms with Gasteiger partial charge in [-0.1, -0.05) is 24.3 Å². The van der Waals surface area contributed by atoms with Gasteiger partial charge in [0.25, 0.3) is 0 Å². The first-order chi connectivity index (χ1) is 11.1. The molecule has 0 aliphatic carbocycles. The first-order valence-electron chi connectivity index (χ1n) is 7.27. The van der Waals surface area contributed by atoms with Crippen LogP contribution in [0.2, 0.25) is 0 Å². The van der Waals surface area contributed by atoms with Crippen LogP contribution in [0.5, 0.6) is 0 Å². The fraction of sp³-hybridized carbons (Fsp3) is 0.111. The molecule has 3 rings (SSSR count). The number of carbonyl (C=O) groups excluding carboxylic acids is 1. The number of nitrogens with one attached hydrogen (secondary N) is 2. The van der Waals surface area contributed by atoms with Crippen molar-refractivity contribution in [3.8, 4) is 11.3 Å². The van der Waals surface area contributed by atoms with Gasteiger partial charge in [0, 0.05) is 22.3 Å². The summed E-state index contributed by atoms with van der Waals surface area (Å²) in [5.74, 6) is 0. The molecule has 0 fully saturated rings. The van der Waals surface area contributed by atoms with Gasteiger partial charge in [-0.25, -0.2) is 9.78 Å². The molecule has 0 aliphatic rings. The van der Waals surface area contributed by atoms with Crippen LogP contribution >= 0.6 is 11.3 Å². The summed E-state index contributed by atoms with van der Waals surface area (Å²) >= 11 is 1.61. The highest BCUT2D eigenvalue weighted by atomic mass is 32.1.